The van der Waals surface area contributed by atoms with Crippen LogP contribution in [0.25, 0.3) is 0 Å². The third-order valence-corrected chi connectivity index (χ3v) is 2.97. The van der Waals surface area contributed by atoms with Gasteiger partial charge in [0.15, 0.2) is 0 Å². The van der Waals surface area contributed by atoms with E-state index < -0.39 is 10.7 Å². The molecule has 2 rings (SSSR count). The van der Waals surface area contributed by atoms with Gasteiger partial charge in [-0.2, -0.15) is 5.26 Å². The molecule has 0 saturated heterocycles. The molecule has 0 aliphatic carbocycles. The number of nitro groups is 1. The van der Waals surface area contributed by atoms with Gasteiger partial charge in [0.1, 0.15) is 5.82 Å². The highest BCUT2D eigenvalue weighted by Crippen LogP contribution is 2.13. The molecule has 2 aromatic rings. The molecular formula is C15H12FN3O2. The number of hydrogen-bond donors (Lipinski definition) is 1. The summed E-state index contributed by atoms with van der Waals surface area (Å²) in [7, 11) is 0. The number of non-ortho nitro benzene ring substituents is 1. The van der Waals surface area contributed by atoms with Gasteiger partial charge in [-0.05, 0) is 17.7 Å². The Morgan fingerprint density at radius 1 is 1.19 bits per heavy atom. The third kappa shape index (κ3) is 3.84. The van der Waals surface area contributed by atoms with E-state index in [0.717, 1.165) is 5.56 Å². The van der Waals surface area contributed by atoms with Crippen LogP contribution in [0.3, 0.4) is 0 Å². The molecule has 0 aromatic heterocycles. The molecule has 6 heteroatoms. The van der Waals surface area contributed by atoms with Crippen molar-refractivity contribution in [1.29, 1.82) is 5.26 Å². The number of rotatable bonds is 5. The lowest BCUT2D eigenvalue weighted by Gasteiger charge is -2.06. The monoisotopic (exact) mass is 285 g/mol. The van der Waals surface area contributed by atoms with Crippen molar-refractivity contribution in [3.8, 4) is 6.07 Å². The van der Waals surface area contributed by atoms with Gasteiger partial charge in [0, 0.05) is 30.8 Å². The zero-order valence-corrected chi connectivity index (χ0v) is 11.0. The van der Waals surface area contributed by atoms with E-state index in [9.17, 15) is 14.5 Å². The molecule has 2 aromatic carbocycles. The summed E-state index contributed by atoms with van der Waals surface area (Å²) in [6.45, 7) is 0.784. The van der Waals surface area contributed by atoms with Crippen LogP contribution >= 0.6 is 0 Å². The molecule has 0 heterocycles. The lowest BCUT2D eigenvalue weighted by Crippen LogP contribution is -2.13. The molecule has 1 N–H and O–H groups in total. The van der Waals surface area contributed by atoms with Gasteiger partial charge in [0.05, 0.1) is 16.6 Å². The molecule has 0 atom stereocenters. The second-order valence-electron chi connectivity index (χ2n) is 4.45. The van der Waals surface area contributed by atoms with Crippen LogP contribution in [0.4, 0.5) is 10.1 Å². The minimum atomic E-state index is -0.455. The molecule has 0 bridgehead atoms. The van der Waals surface area contributed by atoms with Gasteiger partial charge in [-0.25, -0.2) is 4.39 Å². The topological polar surface area (TPSA) is 79.0 Å². The Hall–Kier alpha value is -2.78. The molecule has 106 valence electrons. The predicted molar refractivity (Wildman–Crippen MR) is 74.8 cm³/mol. The minimum Gasteiger partial charge on any atom is -0.309 e. The molecule has 0 amide bonds. The van der Waals surface area contributed by atoms with Crippen molar-refractivity contribution < 1.29 is 9.31 Å². The normalized spacial score (nSPS) is 10.1. The summed E-state index contributed by atoms with van der Waals surface area (Å²) in [6.07, 6.45) is 0. The fourth-order valence-corrected chi connectivity index (χ4v) is 1.84. The van der Waals surface area contributed by atoms with E-state index >= 15 is 0 Å². The van der Waals surface area contributed by atoms with Crippen molar-refractivity contribution in [1.82, 2.24) is 5.32 Å². The summed E-state index contributed by atoms with van der Waals surface area (Å²) in [5.41, 5.74) is 1.66. The minimum absolute atomic E-state index is 0.0388. The zero-order chi connectivity index (χ0) is 15.2. The van der Waals surface area contributed by atoms with E-state index in [1.54, 1.807) is 24.3 Å². The Balaban J connectivity index is 1.92. The van der Waals surface area contributed by atoms with Gasteiger partial charge in [-0.1, -0.05) is 18.2 Å². The average Bonchev–Trinajstić information content (AvgIpc) is 2.49. The molecule has 0 saturated carbocycles. The van der Waals surface area contributed by atoms with Crippen LogP contribution in [0.1, 0.15) is 16.7 Å². The van der Waals surface area contributed by atoms with Crippen LogP contribution in [-0.2, 0) is 13.1 Å². The van der Waals surface area contributed by atoms with Crippen molar-refractivity contribution in [2.24, 2.45) is 0 Å². The molecule has 0 radical (unpaired) electrons. The van der Waals surface area contributed by atoms with E-state index in [2.05, 4.69) is 5.32 Å². The SMILES string of the molecule is N#Cc1ccc(CNCc2ccc([N+](=O)[O-])cc2)c(F)c1. The Labute approximate surface area is 120 Å². The van der Waals surface area contributed by atoms with Crippen molar-refractivity contribution in [2.75, 3.05) is 0 Å². The molecule has 0 spiro atoms. The standard InChI is InChI=1S/C15H12FN3O2/c16-15-7-12(8-17)1-4-13(15)10-18-9-11-2-5-14(6-3-11)19(20)21/h1-7,18H,9-10H2. The number of nitrogens with zero attached hydrogens (tertiary/aromatic N) is 2. The first-order valence-corrected chi connectivity index (χ1v) is 6.22. The number of nitriles is 1. The Morgan fingerprint density at radius 3 is 2.48 bits per heavy atom. The number of nitrogens with one attached hydrogen (secondary N) is 1. The van der Waals surface area contributed by atoms with Crippen LogP contribution in [0.2, 0.25) is 0 Å². The highest BCUT2D eigenvalue weighted by Gasteiger charge is 2.05. The fraction of sp³-hybridized carbons (Fsp3) is 0.133. The molecule has 0 aliphatic rings. The lowest BCUT2D eigenvalue weighted by atomic mass is 10.1. The predicted octanol–water partition coefficient (Wildman–Crippen LogP) is 2.90. The Bertz CT molecular complexity index is 693. The van der Waals surface area contributed by atoms with Crippen molar-refractivity contribution in [3.05, 3.63) is 75.1 Å². The number of hydrogen-bond acceptors (Lipinski definition) is 4. The molecule has 0 fully saturated rings. The summed E-state index contributed by atoms with van der Waals surface area (Å²) in [4.78, 5) is 10.1. The summed E-state index contributed by atoms with van der Waals surface area (Å²) in [5.74, 6) is -0.426. The third-order valence-electron chi connectivity index (χ3n) is 2.97. The first-order chi connectivity index (χ1) is 10.1. The summed E-state index contributed by atoms with van der Waals surface area (Å²) >= 11 is 0. The zero-order valence-electron chi connectivity index (χ0n) is 11.0. The maximum Gasteiger partial charge on any atom is 0.269 e. The maximum atomic E-state index is 13.6. The van der Waals surface area contributed by atoms with Gasteiger partial charge >= 0.3 is 0 Å². The molecule has 21 heavy (non-hydrogen) atoms. The highest BCUT2D eigenvalue weighted by atomic mass is 19.1. The van der Waals surface area contributed by atoms with Gasteiger partial charge in [-0.3, -0.25) is 10.1 Å². The Morgan fingerprint density at radius 2 is 1.90 bits per heavy atom. The van der Waals surface area contributed by atoms with Gasteiger partial charge in [0.2, 0.25) is 0 Å². The first kappa shape index (κ1) is 14.6. The van der Waals surface area contributed by atoms with Crippen molar-refractivity contribution >= 4 is 5.69 Å². The van der Waals surface area contributed by atoms with E-state index in [4.69, 9.17) is 5.26 Å². The van der Waals surface area contributed by atoms with Crippen LogP contribution in [0.5, 0.6) is 0 Å². The number of nitro benzene ring substituents is 1. The largest absolute Gasteiger partial charge is 0.309 e. The number of benzene rings is 2. The van der Waals surface area contributed by atoms with Crippen LogP contribution in [0.15, 0.2) is 42.5 Å². The van der Waals surface area contributed by atoms with Gasteiger partial charge < -0.3 is 5.32 Å². The first-order valence-electron chi connectivity index (χ1n) is 6.22. The van der Waals surface area contributed by atoms with E-state index in [1.807, 2.05) is 6.07 Å². The lowest BCUT2D eigenvalue weighted by molar-refractivity contribution is -0.384. The van der Waals surface area contributed by atoms with Crippen LogP contribution < -0.4 is 5.32 Å². The van der Waals surface area contributed by atoms with Gasteiger partial charge in [-0.15, -0.1) is 0 Å². The number of halogens is 1. The van der Waals surface area contributed by atoms with Crippen molar-refractivity contribution in [3.63, 3.8) is 0 Å². The molecular weight excluding hydrogens is 273 g/mol. The van der Waals surface area contributed by atoms with Gasteiger partial charge in [0.25, 0.3) is 5.69 Å². The second-order valence-corrected chi connectivity index (χ2v) is 4.45. The van der Waals surface area contributed by atoms with Crippen LogP contribution in [0, 0.1) is 27.3 Å². The maximum absolute atomic E-state index is 13.6. The molecule has 5 nitrogen and oxygen atoms in total. The van der Waals surface area contributed by atoms with E-state index in [-0.39, 0.29) is 11.3 Å². The van der Waals surface area contributed by atoms with E-state index in [0.29, 0.717) is 18.7 Å². The summed E-state index contributed by atoms with van der Waals surface area (Å²) < 4.78 is 13.6. The van der Waals surface area contributed by atoms with Crippen LogP contribution in [-0.4, -0.2) is 4.92 Å². The fourth-order valence-electron chi connectivity index (χ4n) is 1.84. The quantitative estimate of drug-likeness (QED) is 0.676. The van der Waals surface area contributed by atoms with Crippen molar-refractivity contribution in [2.45, 2.75) is 13.1 Å². The second kappa shape index (κ2) is 6.59. The summed E-state index contributed by atoms with van der Waals surface area (Å²) in [6, 6.07) is 12.4. The summed E-state index contributed by atoms with van der Waals surface area (Å²) in [5, 5.41) is 22.2. The molecule has 0 unspecified atom stereocenters. The smallest absolute Gasteiger partial charge is 0.269 e. The molecule has 0 aliphatic heterocycles. The highest BCUT2D eigenvalue weighted by molar-refractivity contribution is 5.34. The average molecular weight is 285 g/mol. The van der Waals surface area contributed by atoms with E-state index in [1.165, 1.54) is 18.2 Å². The Kier molecular flexibility index (Phi) is 4.59.